The molecule has 10 aromatic carbocycles. The van der Waals surface area contributed by atoms with E-state index in [1.807, 2.05) is 36.4 Å². The Balaban J connectivity index is 1.01. The second-order valence-electron chi connectivity index (χ2n) is 20.1. The quantitative estimate of drug-likeness (QED) is 0.121. The normalized spacial score (nSPS) is 12.0. The molecule has 0 fully saturated rings. The van der Waals surface area contributed by atoms with Crippen molar-refractivity contribution < 1.29 is 23.7 Å². The number of methoxy groups -OCH3 is 4. The Morgan fingerprint density at radius 1 is 0.342 bits per heavy atom. The van der Waals surface area contributed by atoms with Crippen molar-refractivity contribution >= 4 is 77.7 Å². The molecule has 2 aromatic heterocycles. The van der Waals surface area contributed by atoms with Gasteiger partial charge >= 0.3 is 0 Å². The number of benzene rings is 10. The summed E-state index contributed by atoms with van der Waals surface area (Å²) in [5.74, 6) is 4.95. The summed E-state index contributed by atoms with van der Waals surface area (Å²) in [5.41, 5.74) is 17.6. The summed E-state index contributed by atoms with van der Waals surface area (Å²) in [4.78, 5) is 4.73. The van der Waals surface area contributed by atoms with Crippen molar-refractivity contribution in [2.24, 2.45) is 0 Å². The second kappa shape index (κ2) is 20.4. The van der Waals surface area contributed by atoms with E-state index in [2.05, 4.69) is 203 Å². The molecule has 390 valence electrons. The first-order valence-electron chi connectivity index (χ1n) is 27.0. The number of aryl methyl sites for hydroxylation is 2. The first kappa shape index (κ1) is 49.0. The van der Waals surface area contributed by atoms with Gasteiger partial charge in [-0.15, -0.1) is 0 Å². The largest absolute Gasteiger partial charge is 0.497 e. The van der Waals surface area contributed by atoms with Crippen LogP contribution >= 0.6 is 0 Å². The molecule has 0 bridgehead atoms. The lowest BCUT2D eigenvalue weighted by molar-refractivity contribution is 0.414. The zero-order chi connectivity index (χ0) is 53.7. The van der Waals surface area contributed by atoms with E-state index >= 15 is 0 Å². The molecule has 0 atom stereocenters. The molecule has 9 heteroatoms. The molecule has 0 radical (unpaired) electrons. The van der Waals surface area contributed by atoms with Crippen molar-refractivity contribution in [1.29, 1.82) is 0 Å². The predicted molar refractivity (Wildman–Crippen MR) is 323 cm³/mol. The minimum absolute atomic E-state index is 0.624. The molecule has 9 nitrogen and oxygen atoms in total. The van der Waals surface area contributed by atoms with E-state index in [1.165, 1.54) is 32.7 Å². The molecule has 13 rings (SSSR count). The maximum absolute atomic E-state index is 7.02. The number of aromatic nitrogens is 2. The van der Waals surface area contributed by atoms with Crippen molar-refractivity contribution in [2.45, 2.75) is 39.8 Å². The van der Waals surface area contributed by atoms with Gasteiger partial charge in [-0.1, -0.05) is 60.7 Å². The molecule has 0 aliphatic carbocycles. The summed E-state index contributed by atoms with van der Waals surface area (Å²) in [6, 6.07) is 74.0. The molecule has 0 saturated carbocycles. The molecular formula is C70H60N4O5. The molecule has 3 heterocycles. The monoisotopic (exact) mass is 1040 g/mol. The van der Waals surface area contributed by atoms with Crippen LogP contribution < -0.4 is 33.5 Å². The lowest BCUT2D eigenvalue weighted by Crippen LogP contribution is -2.12. The summed E-state index contributed by atoms with van der Waals surface area (Å²) in [7, 11) is 6.87. The van der Waals surface area contributed by atoms with Gasteiger partial charge in [-0.3, -0.25) is 0 Å². The highest BCUT2D eigenvalue weighted by atomic mass is 16.5. The van der Waals surface area contributed by atoms with Crippen molar-refractivity contribution in [3.63, 3.8) is 0 Å². The minimum Gasteiger partial charge on any atom is -0.497 e. The van der Waals surface area contributed by atoms with E-state index in [0.29, 0.717) is 12.8 Å². The van der Waals surface area contributed by atoms with Crippen LogP contribution in [0.15, 0.2) is 206 Å². The Morgan fingerprint density at radius 3 is 1.06 bits per heavy atom. The summed E-state index contributed by atoms with van der Waals surface area (Å²) in [6.07, 6.45) is 1.25. The van der Waals surface area contributed by atoms with Crippen molar-refractivity contribution in [3.8, 4) is 45.6 Å². The number of para-hydroxylation sites is 2. The SMILES string of the molecule is CCn1c2cc(OC)ccc2c2ccc(N(c3ccc(OC)cc3)c3ccc4c(c3)Cc3ccccc3Oc3ccccc3Cc3cc(N(c5ccc(OC)cc5)c5ccc6c7ccc(OC)cc7n(CC)c6c5)ccc3-4)cc21. The number of anilines is 6. The van der Waals surface area contributed by atoms with Gasteiger partial charge in [0.15, 0.2) is 0 Å². The number of nitrogens with zero attached hydrogens (tertiary/aromatic N) is 4. The Labute approximate surface area is 460 Å². The van der Waals surface area contributed by atoms with Gasteiger partial charge in [-0.05, 0) is 181 Å². The number of hydrogen-bond donors (Lipinski definition) is 0. The lowest BCUT2D eigenvalue weighted by Gasteiger charge is -2.28. The number of fused-ring (bicyclic) bond motifs is 11. The maximum atomic E-state index is 7.02. The average Bonchev–Trinajstić information content (AvgIpc) is 4.23. The van der Waals surface area contributed by atoms with E-state index in [9.17, 15) is 0 Å². The van der Waals surface area contributed by atoms with Crippen LogP contribution in [-0.2, 0) is 25.9 Å². The predicted octanol–water partition coefficient (Wildman–Crippen LogP) is 17.9. The zero-order valence-corrected chi connectivity index (χ0v) is 45.3. The van der Waals surface area contributed by atoms with Gasteiger partial charge in [0.25, 0.3) is 0 Å². The Hall–Kier alpha value is -9.60. The van der Waals surface area contributed by atoms with Crippen LogP contribution in [0.3, 0.4) is 0 Å². The first-order valence-corrected chi connectivity index (χ1v) is 27.0. The third-order valence-corrected chi connectivity index (χ3v) is 15.8. The molecule has 0 amide bonds. The molecule has 0 unspecified atom stereocenters. The molecule has 0 spiro atoms. The standard InChI is InChI=1S/C70H60N4O5/c1-7-71-65-41-53(23-33-61(65)63-35-29-57(77-5)43-67(63)71)73(49-17-25-55(75-3)26-18-49)51-21-31-59-47(39-51)37-45-13-9-11-15-69(45)79-70-16-12-10-14-46(70)38-48-40-52(22-32-60(48)59)74(50-19-27-56(76-4)28-20-50)54-24-34-62-64-36-30-58(78-6)44-68(64)72(8-2)66(62)42-54/h9-36,39-44H,7-8,37-38H2,1-6H3. The Bertz CT molecular complexity index is 4000. The molecule has 0 N–H and O–H groups in total. The number of ether oxygens (including phenoxy) is 5. The molecule has 0 saturated heterocycles. The highest BCUT2D eigenvalue weighted by molar-refractivity contribution is 6.11. The number of rotatable bonds is 12. The fourth-order valence-corrected chi connectivity index (χ4v) is 12.0. The van der Waals surface area contributed by atoms with E-state index in [-0.39, 0.29) is 0 Å². The highest BCUT2D eigenvalue weighted by Gasteiger charge is 2.24. The van der Waals surface area contributed by atoms with Gasteiger partial charge in [0.2, 0.25) is 0 Å². The summed E-state index contributed by atoms with van der Waals surface area (Å²) in [6.45, 7) is 6.02. The minimum atomic E-state index is 0.624. The number of hydrogen-bond acceptors (Lipinski definition) is 7. The first-order chi connectivity index (χ1) is 38.8. The second-order valence-corrected chi connectivity index (χ2v) is 20.1. The van der Waals surface area contributed by atoms with Crippen molar-refractivity contribution in [3.05, 3.63) is 229 Å². The molecule has 12 aromatic rings. The van der Waals surface area contributed by atoms with E-state index in [4.69, 9.17) is 23.7 Å². The van der Waals surface area contributed by atoms with Crippen molar-refractivity contribution in [1.82, 2.24) is 9.13 Å². The molecular weight excluding hydrogens is 977 g/mol. The van der Waals surface area contributed by atoms with Gasteiger partial charge in [0.1, 0.15) is 34.5 Å². The summed E-state index contributed by atoms with van der Waals surface area (Å²) in [5, 5.41) is 4.79. The Kier molecular flexibility index (Phi) is 12.7. The maximum Gasteiger partial charge on any atom is 0.130 e. The van der Waals surface area contributed by atoms with E-state index in [0.717, 1.165) is 126 Å². The van der Waals surface area contributed by atoms with Crippen LogP contribution in [0.25, 0.3) is 54.7 Å². The Morgan fingerprint density at radius 2 is 0.671 bits per heavy atom. The van der Waals surface area contributed by atoms with Crippen LogP contribution in [0.2, 0.25) is 0 Å². The fourth-order valence-electron chi connectivity index (χ4n) is 12.0. The zero-order valence-electron chi connectivity index (χ0n) is 45.3. The molecule has 1 aliphatic heterocycles. The van der Waals surface area contributed by atoms with Crippen LogP contribution in [0.1, 0.15) is 36.1 Å². The smallest absolute Gasteiger partial charge is 0.130 e. The van der Waals surface area contributed by atoms with Gasteiger partial charge in [0, 0.05) is 93.7 Å². The third-order valence-electron chi connectivity index (χ3n) is 15.8. The van der Waals surface area contributed by atoms with Crippen molar-refractivity contribution in [2.75, 3.05) is 38.2 Å². The highest BCUT2D eigenvalue weighted by Crippen LogP contribution is 2.46. The van der Waals surface area contributed by atoms with Crippen LogP contribution in [0.4, 0.5) is 34.1 Å². The topological polar surface area (TPSA) is 62.5 Å². The molecule has 79 heavy (non-hydrogen) atoms. The lowest BCUT2D eigenvalue weighted by atomic mass is 9.89. The van der Waals surface area contributed by atoms with E-state index < -0.39 is 0 Å². The van der Waals surface area contributed by atoms with Crippen LogP contribution in [0, 0.1) is 0 Å². The van der Waals surface area contributed by atoms with E-state index in [1.54, 1.807) is 28.4 Å². The summed E-state index contributed by atoms with van der Waals surface area (Å²) >= 11 is 0. The van der Waals surface area contributed by atoms with Gasteiger partial charge in [-0.25, -0.2) is 0 Å². The third kappa shape index (κ3) is 8.68. The van der Waals surface area contributed by atoms with Gasteiger partial charge in [-0.2, -0.15) is 0 Å². The summed E-state index contributed by atoms with van der Waals surface area (Å²) < 4.78 is 34.6. The van der Waals surface area contributed by atoms with Crippen LogP contribution in [0.5, 0.6) is 34.5 Å². The van der Waals surface area contributed by atoms with Gasteiger partial charge in [0.05, 0.1) is 50.5 Å². The fraction of sp³-hybridized carbons (Fsp3) is 0.143. The molecule has 1 aliphatic rings. The van der Waals surface area contributed by atoms with Crippen LogP contribution in [-0.4, -0.2) is 37.6 Å². The average molecular weight is 1040 g/mol. The van der Waals surface area contributed by atoms with Gasteiger partial charge < -0.3 is 42.6 Å².